The lowest BCUT2D eigenvalue weighted by atomic mass is 10.1. The van der Waals surface area contributed by atoms with Gasteiger partial charge >= 0.3 is 0 Å². The predicted molar refractivity (Wildman–Crippen MR) is 56.7 cm³/mol. The van der Waals surface area contributed by atoms with E-state index in [2.05, 4.69) is 19.2 Å². The smallest absolute Gasteiger partial charge is 0.219 e. The molecule has 1 unspecified atom stereocenters. The average molecular weight is 185 g/mol. The largest absolute Gasteiger partial charge is 0.353 e. The molecule has 1 N–H and O–H groups in total. The summed E-state index contributed by atoms with van der Waals surface area (Å²) in [5.41, 5.74) is 0. The van der Waals surface area contributed by atoms with E-state index in [0.717, 1.165) is 19.3 Å². The Hall–Kier alpha value is -0.530. The van der Waals surface area contributed by atoms with Crippen LogP contribution in [-0.2, 0) is 4.79 Å². The van der Waals surface area contributed by atoms with E-state index in [9.17, 15) is 4.79 Å². The Morgan fingerprint density at radius 3 is 2.31 bits per heavy atom. The number of nitrogens with one attached hydrogen (secondary N) is 1. The predicted octanol–water partition coefficient (Wildman–Crippen LogP) is 2.87. The van der Waals surface area contributed by atoms with Gasteiger partial charge in [0.15, 0.2) is 0 Å². The molecular formula is C11H23NO. The fraction of sp³-hybridized carbons (Fsp3) is 0.909. The molecule has 0 heterocycles. The molecule has 13 heavy (non-hydrogen) atoms. The fourth-order valence-corrected chi connectivity index (χ4v) is 1.42. The van der Waals surface area contributed by atoms with Crippen LogP contribution in [0.25, 0.3) is 0 Å². The van der Waals surface area contributed by atoms with E-state index in [1.54, 1.807) is 0 Å². The van der Waals surface area contributed by atoms with Crippen molar-refractivity contribution < 1.29 is 4.79 Å². The molecule has 0 saturated heterocycles. The molecular weight excluding hydrogens is 162 g/mol. The first-order valence-corrected chi connectivity index (χ1v) is 5.53. The maximum atomic E-state index is 11.1. The Bertz CT molecular complexity index is 134. The molecule has 0 aromatic rings. The summed E-state index contributed by atoms with van der Waals surface area (Å²) >= 11 is 0. The van der Waals surface area contributed by atoms with Gasteiger partial charge in [-0.2, -0.15) is 0 Å². The van der Waals surface area contributed by atoms with Crippen molar-refractivity contribution in [1.82, 2.24) is 5.32 Å². The summed E-state index contributed by atoms with van der Waals surface area (Å²) in [5, 5.41) is 3.06. The Morgan fingerprint density at radius 1 is 1.15 bits per heavy atom. The van der Waals surface area contributed by atoms with Gasteiger partial charge in [-0.15, -0.1) is 0 Å². The maximum absolute atomic E-state index is 11.1. The number of amides is 1. The minimum Gasteiger partial charge on any atom is -0.353 e. The molecule has 2 heteroatoms. The monoisotopic (exact) mass is 185 g/mol. The van der Waals surface area contributed by atoms with Crippen molar-refractivity contribution in [3.8, 4) is 0 Å². The molecule has 78 valence electrons. The number of carbonyl (C=O) groups excluding carboxylic acids is 1. The second-order valence-corrected chi connectivity index (χ2v) is 3.55. The summed E-state index contributed by atoms with van der Waals surface area (Å²) in [5.74, 6) is 0.189. The third kappa shape index (κ3) is 6.62. The summed E-state index contributed by atoms with van der Waals surface area (Å²) < 4.78 is 0. The third-order valence-electron chi connectivity index (χ3n) is 2.23. The minimum absolute atomic E-state index is 0.189. The van der Waals surface area contributed by atoms with Gasteiger partial charge in [0.1, 0.15) is 0 Å². The third-order valence-corrected chi connectivity index (χ3v) is 2.23. The van der Waals surface area contributed by atoms with Crippen LogP contribution < -0.4 is 5.32 Å². The van der Waals surface area contributed by atoms with Crippen LogP contribution in [0.1, 0.15) is 59.3 Å². The van der Waals surface area contributed by atoms with E-state index < -0.39 is 0 Å². The minimum atomic E-state index is 0.189. The molecule has 1 amide bonds. The number of unbranched alkanes of at least 4 members (excludes halogenated alkanes) is 1. The number of rotatable bonds is 7. The quantitative estimate of drug-likeness (QED) is 0.649. The van der Waals surface area contributed by atoms with Crippen LogP contribution in [0, 0.1) is 0 Å². The highest BCUT2D eigenvalue weighted by atomic mass is 16.1. The van der Waals surface area contributed by atoms with Crippen LogP contribution in [0.3, 0.4) is 0 Å². The molecule has 0 aliphatic carbocycles. The van der Waals surface area contributed by atoms with Crippen LogP contribution in [0.4, 0.5) is 0 Å². The van der Waals surface area contributed by atoms with Crippen LogP contribution in [0.15, 0.2) is 0 Å². The lowest BCUT2D eigenvalue weighted by molar-refractivity contribution is -0.121. The standard InChI is InChI=1S/C11H23NO/c1-4-7-9-10(8-5-2)12-11(13)6-3/h10H,4-9H2,1-3H3,(H,12,13). The Labute approximate surface area is 82.1 Å². The highest BCUT2D eigenvalue weighted by Gasteiger charge is 2.08. The van der Waals surface area contributed by atoms with E-state index in [1.165, 1.54) is 12.8 Å². The first-order valence-electron chi connectivity index (χ1n) is 5.53. The van der Waals surface area contributed by atoms with Gasteiger partial charge in [0.05, 0.1) is 0 Å². The van der Waals surface area contributed by atoms with E-state index in [1.807, 2.05) is 6.92 Å². The molecule has 0 rings (SSSR count). The fourth-order valence-electron chi connectivity index (χ4n) is 1.42. The second-order valence-electron chi connectivity index (χ2n) is 3.55. The number of hydrogen-bond acceptors (Lipinski definition) is 1. The molecule has 0 spiro atoms. The maximum Gasteiger partial charge on any atom is 0.219 e. The first-order chi connectivity index (χ1) is 6.24. The Kier molecular flexibility index (Phi) is 7.76. The van der Waals surface area contributed by atoms with Crippen LogP contribution in [-0.4, -0.2) is 11.9 Å². The normalized spacial score (nSPS) is 12.5. The van der Waals surface area contributed by atoms with Crippen molar-refractivity contribution in [3.63, 3.8) is 0 Å². The highest BCUT2D eigenvalue weighted by Crippen LogP contribution is 2.06. The molecule has 0 fully saturated rings. The summed E-state index contributed by atoms with van der Waals surface area (Å²) in [7, 11) is 0. The molecule has 2 nitrogen and oxygen atoms in total. The zero-order valence-electron chi connectivity index (χ0n) is 9.23. The van der Waals surface area contributed by atoms with Gasteiger partial charge in [0, 0.05) is 12.5 Å². The van der Waals surface area contributed by atoms with E-state index >= 15 is 0 Å². The zero-order valence-corrected chi connectivity index (χ0v) is 9.23. The lowest BCUT2D eigenvalue weighted by Gasteiger charge is -2.17. The molecule has 0 bridgehead atoms. The molecule has 0 aromatic heterocycles. The van der Waals surface area contributed by atoms with Gasteiger partial charge in [-0.3, -0.25) is 4.79 Å². The molecule has 0 radical (unpaired) electrons. The summed E-state index contributed by atoms with van der Waals surface area (Å²) in [6, 6.07) is 0.414. The van der Waals surface area contributed by atoms with Crippen molar-refractivity contribution in [1.29, 1.82) is 0 Å². The second kappa shape index (κ2) is 8.09. The number of carbonyl (C=O) groups is 1. The topological polar surface area (TPSA) is 29.1 Å². The van der Waals surface area contributed by atoms with Gasteiger partial charge in [0.2, 0.25) is 5.91 Å². The van der Waals surface area contributed by atoms with E-state index in [0.29, 0.717) is 12.5 Å². The van der Waals surface area contributed by atoms with Crippen molar-refractivity contribution in [2.75, 3.05) is 0 Å². The first kappa shape index (κ1) is 12.5. The van der Waals surface area contributed by atoms with E-state index in [4.69, 9.17) is 0 Å². The van der Waals surface area contributed by atoms with Crippen molar-refractivity contribution in [2.45, 2.75) is 65.3 Å². The van der Waals surface area contributed by atoms with Crippen molar-refractivity contribution in [3.05, 3.63) is 0 Å². The van der Waals surface area contributed by atoms with E-state index in [-0.39, 0.29) is 5.91 Å². The summed E-state index contributed by atoms with van der Waals surface area (Å²) in [6.07, 6.45) is 6.43. The molecule has 0 aromatic carbocycles. The van der Waals surface area contributed by atoms with Crippen LogP contribution in [0.5, 0.6) is 0 Å². The summed E-state index contributed by atoms with van der Waals surface area (Å²) in [6.45, 7) is 6.25. The van der Waals surface area contributed by atoms with Gasteiger partial charge < -0.3 is 5.32 Å². The zero-order chi connectivity index (χ0) is 10.1. The van der Waals surface area contributed by atoms with Crippen molar-refractivity contribution in [2.24, 2.45) is 0 Å². The van der Waals surface area contributed by atoms with Gasteiger partial charge in [0.25, 0.3) is 0 Å². The lowest BCUT2D eigenvalue weighted by Crippen LogP contribution is -2.34. The van der Waals surface area contributed by atoms with Crippen LogP contribution >= 0.6 is 0 Å². The van der Waals surface area contributed by atoms with Crippen LogP contribution in [0.2, 0.25) is 0 Å². The highest BCUT2D eigenvalue weighted by molar-refractivity contribution is 5.75. The Morgan fingerprint density at radius 2 is 1.85 bits per heavy atom. The number of hydrogen-bond donors (Lipinski definition) is 1. The Balaban J connectivity index is 3.71. The molecule has 0 aliphatic heterocycles. The van der Waals surface area contributed by atoms with Gasteiger partial charge in [-0.25, -0.2) is 0 Å². The SMILES string of the molecule is CCCCC(CCC)NC(=O)CC. The van der Waals surface area contributed by atoms with Gasteiger partial charge in [-0.1, -0.05) is 40.0 Å². The molecule has 1 atom stereocenters. The molecule has 0 saturated carbocycles. The molecule has 0 aliphatic rings. The summed E-state index contributed by atoms with van der Waals surface area (Å²) in [4.78, 5) is 11.1. The van der Waals surface area contributed by atoms with Gasteiger partial charge in [-0.05, 0) is 12.8 Å². The van der Waals surface area contributed by atoms with Crippen molar-refractivity contribution >= 4 is 5.91 Å². The average Bonchev–Trinajstić information content (AvgIpc) is 2.14.